The minimum absolute atomic E-state index is 0.331. The second-order valence-electron chi connectivity index (χ2n) is 9.78. The maximum absolute atomic E-state index is 11.7. The highest BCUT2D eigenvalue weighted by molar-refractivity contribution is 5.91. The number of hydrogen-bond donors (Lipinski definition) is 0. The summed E-state index contributed by atoms with van der Waals surface area (Å²) in [5, 5.41) is 0. The van der Waals surface area contributed by atoms with Gasteiger partial charge in [-0.3, -0.25) is 0 Å². The van der Waals surface area contributed by atoms with E-state index in [9.17, 15) is 9.59 Å². The Labute approximate surface area is 207 Å². The molecule has 34 heavy (non-hydrogen) atoms. The normalized spacial score (nSPS) is 23.2. The predicted molar refractivity (Wildman–Crippen MR) is 134 cm³/mol. The second-order valence-corrected chi connectivity index (χ2v) is 9.78. The van der Waals surface area contributed by atoms with Gasteiger partial charge in [0.25, 0.3) is 0 Å². The van der Waals surface area contributed by atoms with Gasteiger partial charge in [0.15, 0.2) is 0 Å². The topological polar surface area (TPSA) is 77.7 Å². The van der Waals surface area contributed by atoms with Crippen LogP contribution < -0.4 is 0 Å². The Morgan fingerprint density at radius 3 is 1.29 bits per heavy atom. The summed E-state index contributed by atoms with van der Waals surface area (Å²) in [6.07, 6.45) is 22.3. The van der Waals surface area contributed by atoms with Crippen LogP contribution >= 0.6 is 0 Å². The van der Waals surface area contributed by atoms with Gasteiger partial charge in [-0.2, -0.15) is 0 Å². The molecule has 0 amide bonds. The molecule has 4 atom stereocenters. The third kappa shape index (κ3) is 14.1. The van der Waals surface area contributed by atoms with Gasteiger partial charge in [-0.25, -0.2) is 9.59 Å². The molecule has 0 bridgehead atoms. The summed E-state index contributed by atoms with van der Waals surface area (Å²) in [6, 6.07) is 0. The lowest BCUT2D eigenvalue weighted by Crippen LogP contribution is -2.07. The maximum Gasteiger partial charge on any atom is 0.331 e. The molecule has 0 aliphatic carbocycles. The van der Waals surface area contributed by atoms with E-state index in [4.69, 9.17) is 18.9 Å². The first-order valence-electron chi connectivity index (χ1n) is 14.0. The highest BCUT2D eigenvalue weighted by Crippen LogP contribution is 2.32. The van der Waals surface area contributed by atoms with E-state index >= 15 is 0 Å². The number of rotatable bonds is 22. The third-order valence-electron chi connectivity index (χ3n) is 6.67. The molecule has 2 rings (SSSR count). The predicted octanol–water partition coefficient (Wildman–Crippen LogP) is 6.45. The van der Waals surface area contributed by atoms with Crippen LogP contribution in [0.5, 0.6) is 0 Å². The van der Waals surface area contributed by atoms with Crippen molar-refractivity contribution in [2.45, 2.75) is 141 Å². The molecule has 2 saturated heterocycles. The van der Waals surface area contributed by atoms with E-state index in [1.54, 1.807) is 0 Å². The van der Waals surface area contributed by atoms with E-state index in [0.29, 0.717) is 37.6 Å². The summed E-state index contributed by atoms with van der Waals surface area (Å²) in [6.45, 7) is 5.16. The number of carbonyl (C=O) groups is 2. The monoisotopic (exact) mass is 480 g/mol. The van der Waals surface area contributed by atoms with E-state index in [1.165, 1.54) is 64.2 Å². The van der Waals surface area contributed by atoms with Crippen LogP contribution in [0.25, 0.3) is 0 Å². The largest absolute Gasteiger partial charge is 0.463 e. The van der Waals surface area contributed by atoms with Crippen molar-refractivity contribution in [3.63, 3.8) is 0 Å². The lowest BCUT2D eigenvalue weighted by Gasteiger charge is -2.02. The Bertz CT molecular complexity index is 539. The van der Waals surface area contributed by atoms with Crippen LogP contribution in [0.1, 0.15) is 117 Å². The molecule has 0 saturated carbocycles. The first kappa shape index (κ1) is 28.8. The zero-order chi connectivity index (χ0) is 24.4. The smallest absolute Gasteiger partial charge is 0.331 e. The summed E-state index contributed by atoms with van der Waals surface area (Å²) in [5.41, 5.74) is 0. The summed E-state index contributed by atoms with van der Waals surface area (Å²) in [4.78, 5) is 23.5. The molecule has 0 radical (unpaired) electrons. The number of ether oxygens (including phenoxy) is 4. The molecule has 2 fully saturated rings. The fraction of sp³-hybridized carbons (Fsp3) is 0.857. The minimum atomic E-state index is -0.505. The Morgan fingerprint density at radius 1 is 0.559 bits per heavy atom. The third-order valence-corrected chi connectivity index (χ3v) is 6.67. The summed E-state index contributed by atoms with van der Waals surface area (Å²) >= 11 is 0. The van der Waals surface area contributed by atoms with Gasteiger partial charge in [-0.1, -0.05) is 78.1 Å². The van der Waals surface area contributed by atoms with E-state index in [-0.39, 0.29) is 0 Å². The Morgan fingerprint density at radius 2 is 0.912 bits per heavy atom. The Kier molecular flexibility index (Phi) is 15.2. The van der Waals surface area contributed by atoms with E-state index in [2.05, 4.69) is 13.8 Å². The molecule has 6 nitrogen and oxygen atoms in total. The fourth-order valence-electron chi connectivity index (χ4n) is 4.42. The van der Waals surface area contributed by atoms with Gasteiger partial charge in [0.1, 0.15) is 0 Å². The molecule has 0 aromatic carbocycles. The van der Waals surface area contributed by atoms with E-state index in [1.807, 2.05) is 0 Å². The van der Waals surface area contributed by atoms with Crippen LogP contribution in [0.4, 0.5) is 0 Å². The molecule has 0 N–H and O–H groups in total. The van der Waals surface area contributed by atoms with Gasteiger partial charge in [-0.15, -0.1) is 0 Å². The highest BCUT2D eigenvalue weighted by Gasteiger charge is 2.37. The van der Waals surface area contributed by atoms with Crippen molar-refractivity contribution < 1.29 is 28.5 Å². The molecule has 2 aliphatic heterocycles. The zero-order valence-corrected chi connectivity index (χ0v) is 21.6. The van der Waals surface area contributed by atoms with Crippen molar-refractivity contribution in [2.75, 3.05) is 13.2 Å². The van der Waals surface area contributed by atoms with Crippen LogP contribution in [0.2, 0.25) is 0 Å². The van der Waals surface area contributed by atoms with Gasteiger partial charge < -0.3 is 18.9 Å². The molecule has 0 spiro atoms. The quantitative estimate of drug-likeness (QED) is 0.0767. The molecule has 2 heterocycles. The Hall–Kier alpha value is -1.40. The SMILES string of the molecule is CCCCCCCC1OC1CCCOC(=O)C=CC(=O)OCCCC1OC1CCCCCCC. The lowest BCUT2D eigenvalue weighted by atomic mass is 10.1. The van der Waals surface area contributed by atoms with Crippen LogP contribution in [-0.2, 0) is 28.5 Å². The van der Waals surface area contributed by atoms with Gasteiger partial charge in [0.2, 0.25) is 0 Å². The van der Waals surface area contributed by atoms with Crippen LogP contribution in [0.15, 0.2) is 12.2 Å². The number of hydrogen-bond acceptors (Lipinski definition) is 6. The number of epoxide rings is 2. The fourth-order valence-corrected chi connectivity index (χ4v) is 4.42. The summed E-state index contributed by atoms with van der Waals surface area (Å²) in [5.74, 6) is -1.01. The molecule has 4 unspecified atom stereocenters. The van der Waals surface area contributed by atoms with Crippen LogP contribution in [0.3, 0.4) is 0 Å². The van der Waals surface area contributed by atoms with Crippen LogP contribution in [0, 0.1) is 0 Å². The number of carbonyl (C=O) groups excluding carboxylic acids is 2. The molecular formula is C28H48O6. The second kappa shape index (κ2) is 18.0. The van der Waals surface area contributed by atoms with Gasteiger partial charge in [0.05, 0.1) is 37.6 Å². The van der Waals surface area contributed by atoms with Crippen molar-refractivity contribution in [3.8, 4) is 0 Å². The number of esters is 2. The van der Waals surface area contributed by atoms with Gasteiger partial charge >= 0.3 is 11.9 Å². The van der Waals surface area contributed by atoms with Crippen molar-refractivity contribution in [2.24, 2.45) is 0 Å². The van der Waals surface area contributed by atoms with Crippen molar-refractivity contribution >= 4 is 11.9 Å². The summed E-state index contributed by atoms with van der Waals surface area (Å²) < 4.78 is 21.7. The minimum Gasteiger partial charge on any atom is -0.463 e. The molecular weight excluding hydrogens is 432 g/mol. The molecule has 6 heteroatoms. The molecule has 0 aromatic heterocycles. The van der Waals surface area contributed by atoms with Gasteiger partial charge in [-0.05, 0) is 38.5 Å². The molecule has 2 aliphatic rings. The molecule has 196 valence electrons. The van der Waals surface area contributed by atoms with Gasteiger partial charge in [0, 0.05) is 12.2 Å². The maximum atomic E-state index is 11.7. The standard InChI is InChI=1S/C28H48O6/c1-3-5-7-9-11-15-23-25(33-23)17-13-21-31-27(29)19-20-28(30)32-22-14-18-26-24(34-26)16-12-10-8-6-4-2/h19-20,23-26H,3-18,21-22H2,1-2H3. The first-order chi connectivity index (χ1) is 16.6. The van der Waals surface area contributed by atoms with Crippen LogP contribution in [-0.4, -0.2) is 49.6 Å². The lowest BCUT2D eigenvalue weighted by molar-refractivity contribution is -0.140. The average molecular weight is 481 g/mol. The van der Waals surface area contributed by atoms with Crippen molar-refractivity contribution in [3.05, 3.63) is 12.2 Å². The zero-order valence-electron chi connectivity index (χ0n) is 21.6. The Balaban J connectivity index is 1.36. The number of unbranched alkanes of at least 4 members (excludes halogenated alkanes) is 8. The van der Waals surface area contributed by atoms with Crippen molar-refractivity contribution in [1.82, 2.24) is 0 Å². The van der Waals surface area contributed by atoms with E-state index < -0.39 is 11.9 Å². The highest BCUT2D eigenvalue weighted by atomic mass is 16.6. The van der Waals surface area contributed by atoms with E-state index in [0.717, 1.165) is 50.7 Å². The average Bonchev–Trinajstić information content (AvgIpc) is 3.75. The first-order valence-corrected chi connectivity index (χ1v) is 14.0. The summed E-state index contributed by atoms with van der Waals surface area (Å²) in [7, 11) is 0. The van der Waals surface area contributed by atoms with Crippen molar-refractivity contribution in [1.29, 1.82) is 0 Å². The molecule has 0 aromatic rings.